The van der Waals surface area contributed by atoms with Gasteiger partial charge in [-0.3, -0.25) is 9.69 Å². The molecule has 2 aromatic carbocycles. The second-order valence-corrected chi connectivity index (χ2v) is 9.08. The smallest absolute Gasteiger partial charge is 0.260 e. The van der Waals surface area contributed by atoms with Crippen LogP contribution in [0.25, 0.3) is 10.2 Å². The lowest BCUT2D eigenvalue weighted by Gasteiger charge is -2.20. The van der Waals surface area contributed by atoms with Crippen molar-refractivity contribution in [2.24, 2.45) is 0 Å². The van der Waals surface area contributed by atoms with Crippen LogP contribution in [0.4, 0.5) is 5.13 Å². The van der Waals surface area contributed by atoms with Gasteiger partial charge in [0.15, 0.2) is 5.13 Å². The maximum atomic E-state index is 13.4. The van der Waals surface area contributed by atoms with E-state index in [1.807, 2.05) is 46.2 Å². The number of fused-ring (bicyclic) bond motifs is 1. The molecule has 1 amide bonds. The lowest BCUT2D eigenvalue weighted by molar-refractivity contribution is 0.0986. The first-order chi connectivity index (χ1) is 14.6. The van der Waals surface area contributed by atoms with E-state index in [-0.39, 0.29) is 18.3 Å². The van der Waals surface area contributed by atoms with Gasteiger partial charge in [0.05, 0.1) is 16.5 Å². The highest BCUT2D eigenvalue weighted by Gasteiger charge is 2.22. The van der Waals surface area contributed by atoms with Gasteiger partial charge in [0.1, 0.15) is 0 Å². The molecule has 0 aliphatic rings. The van der Waals surface area contributed by atoms with E-state index in [0.29, 0.717) is 12.1 Å². The van der Waals surface area contributed by atoms with E-state index >= 15 is 0 Å². The zero-order valence-corrected chi connectivity index (χ0v) is 20.2. The van der Waals surface area contributed by atoms with E-state index in [9.17, 15) is 4.79 Å². The zero-order valence-electron chi connectivity index (χ0n) is 17.7. The zero-order chi connectivity index (χ0) is 21.1. The van der Waals surface area contributed by atoms with Crippen molar-refractivity contribution < 1.29 is 4.79 Å². The van der Waals surface area contributed by atoms with Crippen molar-refractivity contribution >= 4 is 56.8 Å². The summed E-state index contributed by atoms with van der Waals surface area (Å²) in [4.78, 5) is 25.4. The van der Waals surface area contributed by atoms with Crippen molar-refractivity contribution in [3.8, 4) is 0 Å². The minimum atomic E-state index is -0.0123. The average Bonchev–Trinajstić information content (AvgIpc) is 3.44. The SMILES string of the molecule is CSc1ccc(C(=O)N(CCCn2ccnc2)c2nc3c(C)c(C)ccc3s2)cc1.Cl. The molecule has 0 aliphatic carbocycles. The van der Waals surface area contributed by atoms with Crippen molar-refractivity contribution in [1.82, 2.24) is 14.5 Å². The van der Waals surface area contributed by atoms with Crippen LogP contribution >= 0.6 is 35.5 Å². The molecule has 0 unspecified atom stereocenters. The predicted octanol–water partition coefficient (Wildman–Crippen LogP) is 5.99. The molecule has 2 heterocycles. The van der Waals surface area contributed by atoms with Gasteiger partial charge in [-0.2, -0.15) is 0 Å². The summed E-state index contributed by atoms with van der Waals surface area (Å²) in [5.41, 5.74) is 4.05. The van der Waals surface area contributed by atoms with Crippen LogP contribution in [-0.2, 0) is 6.54 Å². The minimum absolute atomic E-state index is 0. The first-order valence-electron chi connectivity index (χ1n) is 9.85. The van der Waals surface area contributed by atoms with E-state index in [2.05, 4.69) is 31.0 Å². The summed E-state index contributed by atoms with van der Waals surface area (Å²) in [6, 6.07) is 12.0. The van der Waals surface area contributed by atoms with Crippen LogP contribution in [0, 0.1) is 13.8 Å². The Balaban J connectivity index is 0.00000272. The summed E-state index contributed by atoms with van der Waals surface area (Å²) < 4.78 is 3.14. The van der Waals surface area contributed by atoms with E-state index in [0.717, 1.165) is 33.2 Å². The van der Waals surface area contributed by atoms with Gasteiger partial charge in [-0.1, -0.05) is 17.4 Å². The van der Waals surface area contributed by atoms with Crippen LogP contribution < -0.4 is 4.90 Å². The van der Waals surface area contributed by atoms with E-state index in [1.54, 1.807) is 35.6 Å². The van der Waals surface area contributed by atoms with Crippen molar-refractivity contribution in [1.29, 1.82) is 0 Å². The van der Waals surface area contributed by atoms with Crippen molar-refractivity contribution in [2.45, 2.75) is 31.7 Å². The molecule has 0 saturated heterocycles. The van der Waals surface area contributed by atoms with Crippen molar-refractivity contribution in [3.05, 3.63) is 71.8 Å². The number of carbonyl (C=O) groups is 1. The van der Waals surface area contributed by atoms with Crippen molar-refractivity contribution in [2.75, 3.05) is 17.7 Å². The molecular formula is C23H25ClN4OS2. The molecule has 0 aliphatic heterocycles. The van der Waals surface area contributed by atoms with E-state index in [4.69, 9.17) is 4.98 Å². The summed E-state index contributed by atoms with van der Waals surface area (Å²) in [5, 5.41) is 0.753. The lowest BCUT2D eigenvalue weighted by atomic mass is 10.1. The van der Waals surface area contributed by atoms with Gasteiger partial charge >= 0.3 is 0 Å². The number of hydrogen-bond acceptors (Lipinski definition) is 5. The Hall–Kier alpha value is -2.35. The van der Waals surface area contributed by atoms with Crippen LogP contribution in [0.5, 0.6) is 0 Å². The van der Waals surface area contributed by atoms with Gasteiger partial charge in [-0.25, -0.2) is 9.97 Å². The third kappa shape index (κ3) is 5.11. The molecule has 0 radical (unpaired) electrons. The third-order valence-corrected chi connectivity index (χ3v) is 7.03. The highest BCUT2D eigenvalue weighted by Crippen LogP contribution is 2.33. The summed E-state index contributed by atoms with van der Waals surface area (Å²) in [6.45, 7) is 5.58. The molecule has 162 valence electrons. The number of anilines is 1. The Labute approximate surface area is 196 Å². The van der Waals surface area contributed by atoms with Gasteiger partial charge in [0.25, 0.3) is 5.91 Å². The Bertz CT molecular complexity index is 1160. The predicted molar refractivity (Wildman–Crippen MR) is 133 cm³/mol. The Morgan fingerprint density at radius 1 is 1.16 bits per heavy atom. The number of carbonyl (C=O) groups excluding carboxylic acids is 1. The second kappa shape index (κ2) is 10.3. The largest absolute Gasteiger partial charge is 0.337 e. The highest BCUT2D eigenvalue weighted by molar-refractivity contribution is 7.98. The number of rotatable bonds is 7. The molecule has 0 saturated carbocycles. The number of hydrogen-bond donors (Lipinski definition) is 0. The lowest BCUT2D eigenvalue weighted by Crippen LogP contribution is -2.32. The van der Waals surface area contributed by atoms with Gasteiger partial charge in [0.2, 0.25) is 0 Å². The summed E-state index contributed by atoms with van der Waals surface area (Å²) >= 11 is 3.25. The number of amides is 1. The van der Waals surface area contributed by atoms with E-state index in [1.165, 1.54) is 11.1 Å². The molecule has 5 nitrogen and oxygen atoms in total. The topological polar surface area (TPSA) is 51.0 Å². The standard InChI is InChI=1S/C23H24N4OS2.ClH/c1-16-5-10-20-21(17(16)2)25-23(30-20)27(13-4-12-26-14-11-24-15-26)22(28)18-6-8-19(29-3)9-7-18;/h5-11,14-15H,4,12-13H2,1-3H3;1H. The molecular weight excluding hydrogens is 448 g/mol. The summed E-state index contributed by atoms with van der Waals surface area (Å²) in [5.74, 6) is -0.0123. The number of aromatic nitrogens is 3. The first kappa shape index (κ1) is 23.3. The third-order valence-electron chi connectivity index (χ3n) is 5.24. The van der Waals surface area contributed by atoms with Crippen LogP contribution in [0.2, 0.25) is 0 Å². The quantitative estimate of drug-likeness (QED) is 0.310. The maximum Gasteiger partial charge on any atom is 0.260 e. The molecule has 4 rings (SSSR count). The maximum absolute atomic E-state index is 13.4. The second-order valence-electron chi connectivity index (χ2n) is 7.19. The number of halogens is 1. The molecule has 2 aromatic heterocycles. The number of imidazole rings is 1. The Kier molecular flexibility index (Phi) is 7.75. The first-order valence-corrected chi connectivity index (χ1v) is 11.9. The van der Waals surface area contributed by atoms with Crippen LogP contribution in [0.15, 0.2) is 60.0 Å². The van der Waals surface area contributed by atoms with Gasteiger partial charge in [-0.05, 0) is 68.0 Å². The fraction of sp³-hybridized carbons (Fsp3) is 0.261. The number of thiazole rings is 1. The summed E-state index contributed by atoms with van der Waals surface area (Å²) in [7, 11) is 0. The molecule has 0 fully saturated rings. The van der Waals surface area contributed by atoms with Gasteiger partial charge in [0, 0.05) is 35.9 Å². The van der Waals surface area contributed by atoms with Crippen LogP contribution in [0.3, 0.4) is 0 Å². The van der Waals surface area contributed by atoms with E-state index < -0.39 is 0 Å². The molecule has 0 N–H and O–H groups in total. The highest BCUT2D eigenvalue weighted by atomic mass is 35.5. The summed E-state index contributed by atoms with van der Waals surface area (Å²) in [6.07, 6.45) is 8.37. The molecule has 31 heavy (non-hydrogen) atoms. The Morgan fingerprint density at radius 3 is 2.61 bits per heavy atom. The monoisotopic (exact) mass is 472 g/mol. The van der Waals surface area contributed by atoms with Crippen molar-refractivity contribution in [3.63, 3.8) is 0 Å². The van der Waals surface area contributed by atoms with Gasteiger partial charge in [-0.15, -0.1) is 24.2 Å². The molecule has 0 atom stereocenters. The number of thioether (sulfide) groups is 1. The molecule has 4 aromatic rings. The number of benzene rings is 2. The fourth-order valence-electron chi connectivity index (χ4n) is 3.33. The molecule has 0 spiro atoms. The normalized spacial score (nSPS) is 10.8. The Morgan fingerprint density at radius 2 is 1.94 bits per heavy atom. The number of aryl methyl sites for hydroxylation is 3. The average molecular weight is 473 g/mol. The van der Waals surface area contributed by atoms with Crippen LogP contribution in [0.1, 0.15) is 27.9 Å². The molecule has 8 heteroatoms. The fourth-order valence-corrected chi connectivity index (χ4v) is 4.79. The minimum Gasteiger partial charge on any atom is -0.337 e. The van der Waals surface area contributed by atoms with Crippen LogP contribution in [-0.4, -0.2) is 33.2 Å². The number of nitrogens with zero attached hydrogens (tertiary/aromatic N) is 4. The molecule has 0 bridgehead atoms. The van der Waals surface area contributed by atoms with Gasteiger partial charge < -0.3 is 4.57 Å².